The van der Waals surface area contributed by atoms with Crippen LogP contribution in [0.25, 0.3) is 0 Å². The zero-order valence-electron chi connectivity index (χ0n) is 26.9. The molecule has 0 radical (unpaired) electrons. The molecule has 1 aromatic carbocycles. The van der Waals surface area contributed by atoms with E-state index < -0.39 is 10.1 Å². The molecular formula is C30H54O15S. The van der Waals surface area contributed by atoms with Gasteiger partial charge in [0, 0.05) is 0 Å². The van der Waals surface area contributed by atoms with Gasteiger partial charge in [-0.3, -0.25) is 4.18 Å². The van der Waals surface area contributed by atoms with Crippen LogP contribution in [0.15, 0.2) is 35.2 Å². The number of ether oxygens (including phenoxy) is 11. The van der Waals surface area contributed by atoms with Gasteiger partial charge in [0.25, 0.3) is 10.1 Å². The van der Waals surface area contributed by atoms with Gasteiger partial charge in [-0.15, -0.1) is 0 Å². The maximum Gasteiger partial charge on any atom is 0.297 e. The van der Waals surface area contributed by atoms with Crippen molar-refractivity contribution in [2.75, 3.05) is 159 Å². The summed E-state index contributed by atoms with van der Waals surface area (Å²) in [4.78, 5) is 0.118. The Kier molecular flexibility index (Phi) is 31.1. The molecule has 0 fully saturated rings. The average Bonchev–Trinajstić information content (AvgIpc) is 3.07. The van der Waals surface area contributed by atoms with Gasteiger partial charge in [-0.2, -0.15) is 8.42 Å². The van der Waals surface area contributed by atoms with Crippen molar-refractivity contribution in [1.82, 2.24) is 0 Å². The van der Waals surface area contributed by atoms with Gasteiger partial charge >= 0.3 is 0 Å². The topological polar surface area (TPSA) is 165 Å². The van der Waals surface area contributed by atoms with Crippen LogP contribution in [0.4, 0.5) is 0 Å². The van der Waals surface area contributed by atoms with Gasteiger partial charge < -0.3 is 57.2 Å². The van der Waals surface area contributed by atoms with Crippen LogP contribution >= 0.6 is 0 Å². The van der Waals surface area contributed by atoms with E-state index in [0.29, 0.717) is 139 Å². The summed E-state index contributed by atoms with van der Waals surface area (Å²) in [7, 11) is -3.76. The van der Waals surface area contributed by atoms with Gasteiger partial charge in [0.2, 0.25) is 0 Å². The molecule has 1 N–H and O–H groups in total. The van der Waals surface area contributed by atoms with Crippen LogP contribution in [0.3, 0.4) is 0 Å². The van der Waals surface area contributed by atoms with Crippen LogP contribution in [0.1, 0.15) is 0 Å². The lowest BCUT2D eigenvalue weighted by Crippen LogP contribution is -2.16. The summed E-state index contributed by atoms with van der Waals surface area (Å²) in [6.45, 7) is 9.67. The Morgan fingerprint density at radius 1 is 0.370 bits per heavy atom. The fourth-order valence-corrected chi connectivity index (χ4v) is 4.14. The Morgan fingerprint density at radius 2 is 0.609 bits per heavy atom. The molecule has 0 saturated heterocycles. The van der Waals surface area contributed by atoms with Crippen molar-refractivity contribution in [3.8, 4) is 0 Å². The molecule has 0 amide bonds. The number of benzene rings is 1. The molecular weight excluding hydrogens is 632 g/mol. The van der Waals surface area contributed by atoms with E-state index in [1.807, 2.05) is 0 Å². The highest BCUT2D eigenvalue weighted by Crippen LogP contribution is 2.10. The van der Waals surface area contributed by atoms with Crippen molar-refractivity contribution < 1.29 is 69.8 Å². The Hall–Kier alpha value is -1.35. The number of hydrogen-bond donors (Lipinski definition) is 1. The van der Waals surface area contributed by atoms with Crippen molar-refractivity contribution in [3.63, 3.8) is 0 Å². The van der Waals surface area contributed by atoms with Gasteiger partial charge in [0.1, 0.15) is 0 Å². The summed E-state index contributed by atoms with van der Waals surface area (Å²) in [5.74, 6) is 0. The van der Waals surface area contributed by atoms with Crippen molar-refractivity contribution in [3.05, 3.63) is 30.3 Å². The lowest BCUT2D eigenvalue weighted by molar-refractivity contribution is -0.0280. The maximum atomic E-state index is 12.0. The first-order valence-corrected chi connectivity index (χ1v) is 17.0. The van der Waals surface area contributed by atoms with E-state index in [1.165, 1.54) is 12.1 Å². The molecule has 0 aliphatic carbocycles. The largest absolute Gasteiger partial charge is 0.394 e. The van der Waals surface area contributed by atoms with E-state index in [9.17, 15) is 8.42 Å². The molecule has 0 bridgehead atoms. The lowest BCUT2D eigenvalue weighted by atomic mass is 10.4. The Bertz CT molecular complexity index is 848. The number of aliphatic hydroxyl groups excluding tert-OH is 1. The Morgan fingerprint density at radius 3 is 0.870 bits per heavy atom. The summed E-state index contributed by atoms with van der Waals surface area (Å²) >= 11 is 0. The van der Waals surface area contributed by atoms with Gasteiger partial charge in [-0.25, -0.2) is 0 Å². The van der Waals surface area contributed by atoms with E-state index in [-0.39, 0.29) is 24.7 Å². The third kappa shape index (κ3) is 28.8. The van der Waals surface area contributed by atoms with Crippen LogP contribution in [0.2, 0.25) is 0 Å². The second kappa shape index (κ2) is 33.5. The standard InChI is InChI=1S/C30H54O15S/c31-6-7-34-8-9-35-10-11-36-12-13-37-14-15-38-16-17-39-18-19-40-20-21-41-22-23-42-24-25-43-26-27-44-28-29-45-46(32,33)30-4-2-1-3-5-30/h1-5,31H,6-29H2. The van der Waals surface area contributed by atoms with E-state index in [1.54, 1.807) is 18.2 Å². The second-order valence-corrected chi connectivity index (χ2v) is 10.7. The van der Waals surface area contributed by atoms with Crippen LogP contribution in [-0.4, -0.2) is 172 Å². The molecule has 0 atom stereocenters. The van der Waals surface area contributed by atoms with Gasteiger partial charge in [0.05, 0.1) is 163 Å². The molecule has 270 valence electrons. The van der Waals surface area contributed by atoms with E-state index >= 15 is 0 Å². The van der Waals surface area contributed by atoms with Crippen LogP contribution in [0.5, 0.6) is 0 Å². The van der Waals surface area contributed by atoms with E-state index in [0.717, 1.165) is 0 Å². The second-order valence-electron chi connectivity index (χ2n) is 9.05. The van der Waals surface area contributed by atoms with Crippen molar-refractivity contribution in [1.29, 1.82) is 0 Å². The van der Waals surface area contributed by atoms with Crippen LogP contribution in [0, 0.1) is 0 Å². The summed E-state index contributed by atoms with van der Waals surface area (Å²) in [6.07, 6.45) is 0. The smallest absolute Gasteiger partial charge is 0.297 e. The number of rotatable bonds is 37. The third-order valence-electron chi connectivity index (χ3n) is 5.45. The van der Waals surface area contributed by atoms with Crippen molar-refractivity contribution >= 4 is 10.1 Å². The van der Waals surface area contributed by atoms with Crippen LogP contribution < -0.4 is 0 Å². The first kappa shape index (κ1) is 42.7. The van der Waals surface area contributed by atoms with E-state index in [4.69, 9.17) is 61.4 Å². The SMILES string of the molecule is O=S(=O)(OCCOCCOCCOCCOCCOCCOCCOCCOCCOCCOCCOCCO)c1ccccc1. The lowest BCUT2D eigenvalue weighted by Gasteiger charge is -2.09. The number of aliphatic hydroxyl groups is 1. The minimum atomic E-state index is -3.76. The molecule has 46 heavy (non-hydrogen) atoms. The normalized spacial score (nSPS) is 11.8. The molecule has 1 rings (SSSR count). The molecule has 0 saturated carbocycles. The molecule has 0 aliphatic heterocycles. The van der Waals surface area contributed by atoms with Crippen molar-refractivity contribution in [2.24, 2.45) is 0 Å². The third-order valence-corrected chi connectivity index (χ3v) is 6.78. The fourth-order valence-electron chi connectivity index (χ4n) is 3.22. The first-order chi connectivity index (χ1) is 22.7. The van der Waals surface area contributed by atoms with Crippen LogP contribution in [-0.2, 0) is 66.4 Å². The summed E-state index contributed by atoms with van der Waals surface area (Å²) < 4.78 is 88.0. The highest BCUT2D eigenvalue weighted by atomic mass is 32.2. The monoisotopic (exact) mass is 686 g/mol. The zero-order valence-corrected chi connectivity index (χ0v) is 27.7. The zero-order chi connectivity index (χ0) is 33.1. The first-order valence-electron chi connectivity index (χ1n) is 15.6. The molecule has 1 aromatic rings. The Labute approximate surface area is 273 Å². The number of hydrogen-bond acceptors (Lipinski definition) is 15. The minimum Gasteiger partial charge on any atom is -0.394 e. The van der Waals surface area contributed by atoms with Gasteiger partial charge in [-0.1, -0.05) is 18.2 Å². The van der Waals surface area contributed by atoms with Gasteiger partial charge in [0.15, 0.2) is 0 Å². The summed E-state index contributed by atoms with van der Waals surface area (Å²) in [6, 6.07) is 7.97. The molecule has 0 spiro atoms. The Balaban J connectivity index is 1.66. The highest BCUT2D eigenvalue weighted by molar-refractivity contribution is 7.86. The van der Waals surface area contributed by atoms with E-state index in [2.05, 4.69) is 0 Å². The fraction of sp³-hybridized carbons (Fsp3) is 0.800. The molecule has 0 unspecified atom stereocenters. The molecule has 16 heteroatoms. The predicted molar refractivity (Wildman–Crippen MR) is 166 cm³/mol. The minimum absolute atomic E-state index is 0.0183. The molecule has 15 nitrogen and oxygen atoms in total. The highest BCUT2D eigenvalue weighted by Gasteiger charge is 2.13. The summed E-state index contributed by atoms with van der Waals surface area (Å²) in [5, 5.41) is 8.57. The molecule has 0 aromatic heterocycles. The quantitative estimate of drug-likeness (QED) is 0.0762. The predicted octanol–water partition coefficient (Wildman–Crippen LogP) is 0.567. The molecule has 0 heterocycles. The van der Waals surface area contributed by atoms with Gasteiger partial charge in [-0.05, 0) is 12.1 Å². The molecule has 0 aliphatic rings. The van der Waals surface area contributed by atoms with Crippen molar-refractivity contribution in [2.45, 2.75) is 4.90 Å². The maximum absolute atomic E-state index is 12.0. The summed E-state index contributed by atoms with van der Waals surface area (Å²) in [5.41, 5.74) is 0. The average molecular weight is 687 g/mol.